The van der Waals surface area contributed by atoms with E-state index in [1.807, 2.05) is 39.8 Å². The second kappa shape index (κ2) is 4.94. The molecule has 0 saturated carbocycles. The summed E-state index contributed by atoms with van der Waals surface area (Å²) in [6.45, 7) is 7.70. The number of hydrogen-bond acceptors (Lipinski definition) is 2. The van der Waals surface area contributed by atoms with E-state index >= 15 is 0 Å². The predicted molar refractivity (Wildman–Crippen MR) is 64.2 cm³/mol. The van der Waals surface area contributed by atoms with E-state index in [4.69, 9.17) is 5.26 Å². The monoisotopic (exact) mass is 215 g/mol. The lowest BCUT2D eigenvalue weighted by Gasteiger charge is -2.14. The number of carbonyl (C=O) groups excluding carboxylic acids is 1. The molecule has 0 spiro atoms. The van der Waals surface area contributed by atoms with Crippen molar-refractivity contribution in [2.45, 2.75) is 27.7 Å². The lowest BCUT2D eigenvalue weighted by molar-refractivity contribution is 0.0923. The van der Waals surface area contributed by atoms with Crippen molar-refractivity contribution in [2.75, 3.05) is 0 Å². The highest BCUT2D eigenvalue weighted by Gasteiger charge is 2.24. The molecule has 1 aromatic rings. The van der Waals surface area contributed by atoms with E-state index in [1.54, 1.807) is 6.07 Å². The van der Waals surface area contributed by atoms with Crippen molar-refractivity contribution in [3.05, 3.63) is 34.9 Å². The van der Waals surface area contributed by atoms with Gasteiger partial charge in [0.2, 0.25) is 0 Å². The fraction of sp³-hybridized carbons (Fsp3) is 0.429. The van der Waals surface area contributed by atoms with Crippen LogP contribution in [0.3, 0.4) is 0 Å². The molecule has 2 nitrogen and oxygen atoms in total. The van der Waals surface area contributed by atoms with Crippen LogP contribution in [0.25, 0.3) is 0 Å². The highest BCUT2D eigenvalue weighted by atomic mass is 16.1. The Balaban J connectivity index is 3.15. The maximum absolute atomic E-state index is 12.2. The minimum Gasteiger partial charge on any atom is -0.293 e. The first kappa shape index (κ1) is 12.4. The minimum atomic E-state index is -0.541. The second-order valence-electron chi connectivity index (χ2n) is 4.46. The summed E-state index contributed by atoms with van der Waals surface area (Å²) in [6.07, 6.45) is 0. The van der Waals surface area contributed by atoms with Crippen molar-refractivity contribution in [3.63, 3.8) is 0 Å². The Hall–Kier alpha value is -1.62. The van der Waals surface area contributed by atoms with Crippen LogP contribution < -0.4 is 0 Å². The van der Waals surface area contributed by atoms with Gasteiger partial charge in [-0.15, -0.1) is 0 Å². The molecule has 0 heterocycles. The zero-order chi connectivity index (χ0) is 12.3. The quantitative estimate of drug-likeness (QED) is 0.726. The predicted octanol–water partition coefficient (Wildman–Crippen LogP) is 3.28. The van der Waals surface area contributed by atoms with Gasteiger partial charge in [0, 0.05) is 5.56 Å². The molecule has 16 heavy (non-hydrogen) atoms. The summed E-state index contributed by atoms with van der Waals surface area (Å²) < 4.78 is 0. The van der Waals surface area contributed by atoms with Crippen molar-refractivity contribution in [1.82, 2.24) is 0 Å². The lowest BCUT2D eigenvalue weighted by Crippen LogP contribution is -2.19. The molecule has 1 aromatic carbocycles. The molecule has 0 aliphatic carbocycles. The van der Waals surface area contributed by atoms with Crippen LogP contribution in [0.4, 0.5) is 0 Å². The first-order valence-electron chi connectivity index (χ1n) is 5.49. The fourth-order valence-electron chi connectivity index (χ4n) is 1.70. The average Bonchev–Trinajstić information content (AvgIpc) is 2.22. The Morgan fingerprint density at radius 1 is 1.31 bits per heavy atom. The van der Waals surface area contributed by atoms with Crippen molar-refractivity contribution < 1.29 is 4.79 Å². The van der Waals surface area contributed by atoms with Crippen LogP contribution in [-0.4, -0.2) is 5.78 Å². The molecule has 0 saturated heterocycles. The summed E-state index contributed by atoms with van der Waals surface area (Å²) in [4.78, 5) is 12.2. The van der Waals surface area contributed by atoms with E-state index in [0.717, 1.165) is 11.1 Å². The van der Waals surface area contributed by atoms with Gasteiger partial charge in [0.15, 0.2) is 5.78 Å². The Bertz CT molecular complexity index is 441. The first-order valence-corrected chi connectivity index (χ1v) is 5.49. The molecule has 0 aromatic heterocycles. The van der Waals surface area contributed by atoms with E-state index in [2.05, 4.69) is 6.07 Å². The van der Waals surface area contributed by atoms with Gasteiger partial charge in [0.05, 0.1) is 6.07 Å². The van der Waals surface area contributed by atoms with Gasteiger partial charge < -0.3 is 0 Å². The summed E-state index contributed by atoms with van der Waals surface area (Å²) in [7, 11) is 0. The third-order valence-electron chi connectivity index (χ3n) is 2.96. The number of carbonyl (C=O) groups is 1. The summed E-state index contributed by atoms with van der Waals surface area (Å²) in [5, 5.41) is 9.02. The smallest absolute Gasteiger partial charge is 0.180 e. The van der Waals surface area contributed by atoms with Crippen LogP contribution in [-0.2, 0) is 0 Å². The van der Waals surface area contributed by atoms with Crippen LogP contribution in [0.2, 0.25) is 0 Å². The van der Waals surface area contributed by atoms with E-state index in [9.17, 15) is 4.79 Å². The number of aryl methyl sites for hydroxylation is 1. The van der Waals surface area contributed by atoms with Crippen molar-refractivity contribution >= 4 is 5.78 Å². The molecule has 0 fully saturated rings. The molecule has 1 unspecified atom stereocenters. The summed E-state index contributed by atoms with van der Waals surface area (Å²) in [5.41, 5.74) is 2.75. The number of Topliss-reactive ketones (excluding diaryl/α,β-unsaturated/α-hetero) is 1. The van der Waals surface area contributed by atoms with E-state index < -0.39 is 5.92 Å². The van der Waals surface area contributed by atoms with Crippen LogP contribution in [0.15, 0.2) is 18.2 Å². The molecule has 0 aliphatic rings. The molecule has 0 aliphatic heterocycles. The van der Waals surface area contributed by atoms with Gasteiger partial charge in [-0.05, 0) is 30.9 Å². The maximum atomic E-state index is 12.2. The van der Waals surface area contributed by atoms with Crippen LogP contribution >= 0.6 is 0 Å². The van der Waals surface area contributed by atoms with Crippen LogP contribution in [0.5, 0.6) is 0 Å². The van der Waals surface area contributed by atoms with E-state index in [0.29, 0.717) is 5.56 Å². The maximum Gasteiger partial charge on any atom is 0.180 e. The topological polar surface area (TPSA) is 40.9 Å². The molecule has 1 rings (SSSR count). The van der Waals surface area contributed by atoms with Crippen molar-refractivity contribution in [3.8, 4) is 6.07 Å². The number of ketones is 1. The molecule has 2 heteroatoms. The Morgan fingerprint density at radius 3 is 2.44 bits per heavy atom. The first-order chi connectivity index (χ1) is 7.49. The normalized spacial score (nSPS) is 12.2. The average molecular weight is 215 g/mol. The van der Waals surface area contributed by atoms with Crippen LogP contribution in [0.1, 0.15) is 35.3 Å². The third-order valence-corrected chi connectivity index (χ3v) is 2.96. The SMILES string of the molecule is Cc1cccc(C(=O)C(C#N)C(C)C)c1C. The van der Waals surface area contributed by atoms with Gasteiger partial charge in [0.1, 0.15) is 5.92 Å². The van der Waals surface area contributed by atoms with Gasteiger partial charge >= 0.3 is 0 Å². The molecule has 0 amide bonds. The van der Waals surface area contributed by atoms with Crippen molar-refractivity contribution in [2.24, 2.45) is 11.8 Å². The van der Waals surface area contributed by atoms with Crippen molar-refractivity contribution in [1.29, 1.82) is 5.26 Å². The molecule has 0 radical (unpaired) electrons. The largest absolute Gasteiger partial charge is 0.293 e. The highest BCUT2D eigenvalue weighted by Crippen LogP contribution is 2.20. The minimum absolute atomic E-state index is 0.0532. The molecule has 1 atom stereocenters. The molecular weight excluding hydrogens is 198 g/mol. The molecule has 0 N–H and O–H groups in total. The standard InChI is InChI=1S/C14H17NO/c1-9(2)13(8-15)14(16)12-7-5-6-10(3)11(12)4/h5-7,9,13H,1-4H3. The number of benzene rings is 1. The lowest BCUT2D eigenvalue weighted by atomic mass is 9.87. The van der Waals surface area contributed by atoms with E-state index in [1.165, 1.54) is 0 Å². The number of nitriles is 1. The van der Waals surface area contributed by atoms with Crippen LogP contribution in [0, 0.1) is 37.0 Å². The molecular formula is C14H17NO. The molecule has 84 valence electrons. The van der Waals surface area contributed by atoms with Gasteiger partial charge in [-0.25, -0.2) is 0 Å². The summed E-state index contributed by atoms with van der Waals surface area (Å²) in [6, 6.07) is 7.74. The summed E-state index contributed by atoms with van der Waals surface area (Å²) in [5.74, 6) is -0.545. The Kier molecular flexibility index (Phi) is 3.84. The van der Waals surface area contributed by atoms with E-state index in [-0.39, 0.29) is 11.7 Å². The fourth-order valence-corrected chi connectivity index (χ4v) is 1.70. The Morgan fingerprint density at radius 2 is 1.94 bits per heavy atom. The second-order valence-corrected chi connectivity index (χ2v) is 4.46. The number of rotatable bonds is 3. The highest BCUT2D eigenvalue weighted by molar-refractivity contribution is 6.00. The number of nitrogens with zero attached hydrogens (tertiary/aromatic N) is 1. The third kappa shape index (κ3) is 2.30. The zero-order valence-electron chi connectivity index (χ0n) is 10.2. The van der Waals surface area contributed by atoms with Gasteiger partial charge in [0.25, 0.3) is 0 Å². The zero-order valence-corrected chi connectivity index (χ0v) is 10.2. The Labute approximate surface area is 96.9 Å². The summed E-state index contributed by atoms with van der Waals surface area (Å²) >= 11 is 0. The number of hydrogen-bond donors (Lipinski definition) is 0. The van der Waals surface area contributed by atoms with Gasteiger partial charge in [-0.1, -0.05) is 32.0 Å². The van der Waals surface area contributed by atoms with Gasteiger partial charge in [-0.3, -0.25) is 4.79 Å². The van der Waals surface area contributed by atoms with Gasteiger partial charge in [-0.2, -0.15) is 5.26 Å². The molecule has 0 bridgehead atoms.